The summed E-state index contributed by atoms with van der Waals surface area (Å²) in [6.07, 6.45) is 1.99. The average molecular weight is 271 g/mol. The number of benzene rings is 2. The molecule has 0 aliphatic carbocycles. The number of hydrogen-bond donors (Lipinski definition) is 1. The van der Waals surface area contributed by atoms with Crippen molar-refractivity contribution in [1.82, 2.24) is 4.57 Å². The number of nitrogens with zero attached hydrogens (tertiary/aromatic N) is 1. The molecule has 0 bridgehead atoms. The molecule has 0 fully saturated rings. The van der Waals surface area contributed by atoms with Gasteiger partial charge in [0.05, 0.1) is 5.02 Å². The highest BCUT2D eigenvalue weighted by atomic mass is 35.5. The molecule has 3 heteroatoms. The summed E-state index contributed by atoms with van der Waals surface area (Å²) in [6.45, 7) is 1.40. The number of aromatic nitrogens is 1. The summed E-state index contributed by atoms with van der Waals surface area (Å²) in [5, 5.41) is 1.90. The van der Waals surface area contributed by atoms with Gasteiger partial charge in [-0.15, -0.1) is 0 Å². The molecule has 3 aromatic rings. The summed E-state index contributed by atoms with van der Waals surface area (Å²) in [4.78, 5) is 0. The molecule has 0 unspecified atom stereocenters. The van der Waals surface area contributed by atoms with E-state index in [0.29, 0.717) is 6.54 Å². The van der Waals surface area contributed by atoms with Gasteiger partial charge >= 0.3 is 0 Å². The highest BCUT2D eigenvalue weighted by Crippen LogP contribution is 2.26. The van der Waals surface area contributed by atoms with Crippen LogP contribution in [0.2, 0.25) is 5.02 Å². The molecule has 0 amide bonds. The van der Waals surface area contributed by atoms with E-state index in [9.17, 15) is 0 Å². The fraction of sp³-hybridized carbons (Fsp3) is 0.125. The Morgan fingerprint density at radius 1 is 0.947 bits per heavy atom. The van der Waals surface area contributed by atoms with Gasteiger partial charge in [-0.2, -0.15) is 0 Å². The van der Waals surface area contributed by atoms with Gasteiger partial charge in [-0.1, -0.05) is 54.1 Å². The maximum Gasteiger partial charge on any atom is 0.0661 e. The van der Waals surface area contributed by atoms with Crippen molar-refractivity contribution in [3.8, 4) is 0 Å². The molecule has 1 heterocycles. The lowest BCUT2D eigenvalue weighted by Crippen LogP contribution is -1.99. The summed E-state index contributed by atoms with van der Waals surface area (Å²) >= 11 is 6.25. The fourth-order valence-corrected chi connectivity index (χ4v) is 2.59. The molecular formula is C16H15ClN2. The zero-order chi connectivity index (χ0) is 13.2. The topological polar surface area (TPSA) is 30.9 Å². The van der Waals surface area contributed by atoms with Crippen LogP contribution >= 0.6 is 11.6 Å². The molecule has 2 aromatic carbocycles. The number of hydrogen-bond acceptors (Lipinski definition) is 1. The molecule has 0 aliphatic rings. The first-order valence-corrected chi connectivity index (χ1v) is 6.67. The highest BCUT2D eigenvalue weighted by Gasteiger charge is 2.06. The first-order valence-electron chi connectivity index (χ1n) is 6.29. The largest absolute Gasteiger partial charge is 0.342 e. The van der Waals surface area contributed by atoms with Crippen molar-refractivity contribution in [2.75, 3.05) is 0 Å². The second-order valence-electron chi connectivity index (χ2n) is 4.64. The van der Waals surface area contributed by atoms with E-state index in [1.54, 1.807) is 0 Å². The van der Waals surface area contributed by atoms with E-state index >= 15 is 0 Å². The average Bonchev–Trinajstić information content (AvgIpc) is 2.77. The lowest BCUT2D eigenvalue weighted by atomic mass is 10.1. The van der Waals surface area contributed by atoms with Crippen LogP contribution in [0.1, 0.15) is 11.1 Å². The van der Waals surface area contributed by atoms with E-state index in [-0.39, 0.29) is 0 Å². The first kappa shape index (κ1) is 12.3. The normalized spacial score (nSPS) is 11.1. The summed E-state index contributed by atoms with van der Waals surface area (Å²) in [5.74, 6) is 0. The fourth-order valence-electron chi connectivity index (χ4n) is 2.31. The molecule has 0 aliphatic heterocycles. The van der Waals surface area contributed by atoms with Gasteiger partial charge in [0, 0.05) is 30.2 Å². The molecule has 2 nitrogen and oxygen atoms in total. The van der Waals surface area contributed by atoms with E-state index < -0.39 is 0 Å². The van der Waals surface area contributed by atoms with Crippen molar-refractivity contribution in [3.63, 3.8) is 0 Å². The van der Waals surface area contributed by atoms with Gasteiger partial charge < -0.3 is 10.3 Å². The molecule has 3 rings (SSSR count). The molecule has 19 heavy (non-hydrogen) atoms. The predicted octanol–water partition coefficient (Wildman–Crippen LogP) is 3.80. The number of rotatable bonds is 3. The molecule has 0 saturated carbocycles. The van der Waals surface area contributed by atoms with Crippen molar-refractivity contribution in [2.45, 2.75) is 13.1 Å². The van der Waals surface area contributed by atoms with Gasteiger partial charge in [0.25, 0.3) is 0 Å². The van der Waals surface area contributed by atoms with Crippen LogP contribution in [0.15, 0.2) is 54.7 Å². The van der Waals surface area contributed by atoms with E-state index in [4.69, 9.17) is 17.3 Å². The van der Waals surface area contributed by atoms with Gasteiger partial charge in [0.15, 0.2) is 0 Å². The van der Waals surface area contributed by atoms with Gasteiger partial charge in [0.2, 0.25) is 0 Å². The van der Waals surface area contributed by atoms with Crippen LogP contribution in [0, 0.1) is 0 Å². The van der Waals surface area contributed by atoms with Crippen LogP contribution in [0.25, 0.3) is 10.9 Å². The Hall–Kier alpha value is -1.77. The van der Waals surface area contributed by atoms with Crippen LogP contribution in [0.3, 0.4) is 0 Å². The van der Waals surface area contributed by atoms with Crippen LogP contribution in [-0.2, 0) is 13.1 Å². The molecule has 0 atom stereocenters. The minimum absolute atomic E-state index is 0.582. The van der Waals surface area contributed by atoms with E-state index in [0.717, 1.165) is 28.0 Å². The highest BCUT2D eigenvalue weighted by molar-refractivity contribution is 6.35. The molecule has 96 valence electrons. The Kier molecular flexibility index (Phi) is 3.28. The zero-order valence-electron chi connectivity index (χ0n) is 10.5. The summed E-state index contributed by atoms with van der Waals surface area (Å²) in [5.41, 5.74) is 9.17. The minimum atomic E-state index is 0.582. The molecular weight excluding hydrogens is 256 g/mol. The Morgan fingerprint density at radius 2 is 1.63 bits per heavy atom. The van der Waals surface area contributed by atoms with E-state index in [1.807, 2.05) is 24.4 Å². The summed E-state index contributed by atoms with van der Waals surface area (Å²) in [7, 11) is 0. The maximum atomic E-state index is 6.25. The van der Waals surface area contributed by atoms with Crippen LogP contribution in [0.5, 0.6) is 0 Å². The Labute approximate surface area is 117 Å². The third-order valence-electron chi connectivity index (χ3n) is 3.35. The second kappa shape index (κ2) is 5.08. The number of para-hydroxylation sites is 1. The van der Waals surface area contributed by atoms with Crippen LogP contribution in [-0.4, -0.2) is 4.57 Å². The summed E-state index contributed by atoms with van der Waals surface area (Å²) in [6, 6.07) is 16.6. The van der Waals surface area contributed by atoms with E-state index in [2.05, 4.69) is 34.9 Å². The predicted molar refractivity (Wildman–Crippen MR) is 80.4 cm³/mol. The molecule has 1 aromatic heterocycles. The van der Waals surface area contributed by atoms with Gasteiger partial charge in [-0.3, -0.25) is 0 Å². The van der Waals surface area contributed by atoms with Gasteiger partial charge in [0.1, 0.15) is 0 Å². The van der Waals surface area contributed by atoms with Gasteiger partial charge in [-0.05, 0) is 17.2 Å². The number of halogens is 1. The van der Waals surface area contributed by atoms with Crippen molar-refractivity contribution in [1.29, 1.82) is 0 Å². The Morgan fingerprint density at radius 3 is 2.37 bits per heavy atom. The van der Waals surface area contributed by atoms with E-state index in [1.165, 1.54) is 5.56 Å². The lowest BCUT2D eigenvalue weighted by Gasteiger charge is -2.06. The third-order valence-corrected chi connectivity index (χ3v) is 3.65. The van der Waals surface area contributed by atoms with Crippen molar-refractivity contribution in [2.24, 2.45) is 5.73 Å². The Bertz CT molecular complexity index is 698. The van der Waals surface area contributed by atoms with Gasteiger partial charge in [-0.25, -0.2) is 0 Å². The zero-order valence-corrected chi connectivity index (χ0v) is 11.3. The second-order valence-corrected chi connectivity index (χ2v) is 5.05. The summed E-state index contributed by atoms with van der Waals surface area (Å²) < 4.78 is 2.18. The SMILES string of the molecule is NCc1ccc(Cn2cc(Cl)c3ccccc32)cc1. The molecule has 0 spiro atoms. The molecule has 0 saturated heterocycles. The molecule has 2 N–H and O–H groups in total. The van der Waals surface area contributed by atoms with Crippen molar-refractivity contribution in [3.05, 3.63) is 70.9 Å². The monoisotopic (exact) mass is 270 g/mol. The van der Waals surface area contributed by atoms with Crippen molar-refractivity contribution >= 4 is 22.5 Å². The number of fused-ring (bicyclic) bond motifs is 1. The quantitative estimate of drug-likeness (QED) is 0.771. The first-order chi connectivity index (χ1) is 9.28. The smallest absolute Gasteiger partial charge is 0.0661 e. The minimum Gasteiger partial charge on any atom is -0.342 e. The standard InChI is InChI=1S/C16H15ClN2/c17-15-11-19(16-4-2-1-3-14(15)16)10-13-7-5-12(9-18)6-8-13/h1-8,11H,9-10,18H2. The molecule has 0 radical (unpaired) electrons. The van der Waals surface area contributed by atoms with Crippen LogP contribution < -0.4 is 5.73 Å². The Balaban J connectivity index is 1.96. The third kappa shape index (κ3) is 2.37. The number of nitrogens with two attached hydrogens (primary N) is 1. The lowest BCUT2D eigenvalue weighted by molar-refractivity contribution is 0.836. The van der Waals surface area contributed by atoms with Crippen LogP contribution in [0.4, 0.5) is 0 Å². The maximum absolute atomic E-state index is 6.25. The van der Waals surface area contributed by atoms with Crippen molar-refractivity contribution < 1.29 is 0 Å².